The second-order valence-electron chi connectivity index (χ2n) is 5.63. The summed E-state index contributed by atoms with van der Waals surface area (Å²) >= 11 is 0. The van der Waals surface area contributed by atoms with E-state index in [4.69, 9.17) is 0 Å². The molecule has 17 heavy (non-hydrogen) atoms. The first-order valence-electron chi connectivity index (χ1n) is 6.95. The van der Waals surface area contributed by atoms with Gasteiger partial charge in [-0.25, -0.2) is 0 Å². The molecular formula is C16H24O. The standard InChI is InChI=1S/C16H24O/c1-3-6-12(2)9-16(17)15-10-13-7-4-5-8-14(13)11-15/h4-5,7-8,12,15-17H,3,6,9-11H2,1-2H3. The number of aliphatic hydroxyl groups excluding tert-OH is 1. The quantitative estimate of drug-likeness (QED) is 0.822. The molecule has 1 N–H and O–H groups in total. The van der Waals surface area contributed by atoms with Gasteiger partial charge in [0.25, 0.3) is 0 Å². The highest BCUT2D eigenvalue weighted by atomic mass is 16.3. The molecule has 0 radical (unpaired) electrons. The summed E-state index contributed by atoms with van der Waals surface area (Å²) in [5.74, 6) is 1.10. The normalized spacial score (nSPS) is 19.0. The van der Waals surface area contributed by atoms with E-state index in [1.807, 2.05) is 0 Å². The van der Waals surface area contributed by atoms with Crippen molar-refractivity contribution in [2.24, 2.45) is 11.8 Å². The van der Waals surface area contributed by atoms with Crippen LogP contribution in [0.25, 0.3) is 0 Å². The van der Waals surface area contributed by atoms with E-state index in [9.17, 15) is 5.11 Å². The lowest BCUT2D eigenvalue weighted by molar-refractivity contribution is 0.0868. The monoisotopic (exact) mass is 232 g/mol. The molecule has 0 fully saturated rings. The molecule has 0 saturated heterocycles. The molecule has 1 aliphatic rings. The van der Waals surface area contributed by atoms with Crippen LogP contribution in [-0.4, -0.2) is 11.2 Å². The first-order valence-corrected chi connectivity index (χ1v) is 6.95. The second-order valence-corrected chi connectivity index (χ2v) is 5.63. The summed E-state index contributed by atoms with van der Waals surface area (Å²) in [5, 5.41) is 10.3. The smallest absolute Gasteiger partial charge is 0.0577 e. The first-order chi connectivity index (χ1) is 8.20. The average Bonchev–Trinajstić information content (AvgIpc) is 2.72. The van der Waals surface area contributed by atoms with Crippen LogP contribution < -0.4 is 0 Å². The van der Waals surface area contributed by atoms with Gasteiger partial charge in [-0.2, -0.15) is 0 Å². The van der Waals surface area contributed by atoms with Crippen molar-refractivity contribution in [2.75, 3.05) is 0 Å². The third kappa shape index (κ3) is 3.10. The zero-order chi connectivity index (χ0) is 12.3. The summed E-state index contributed by atoms with van der Waals surface area (Å²) < 4.78 is 0. The Morgan fingerprint density at radius 2 is 1.82 bits per heavy atom. The minimum Gasteiger partial charge on any atom is -0.393 e. The molecule has 0 amide bonds. The Bertz CT molecular complexity index is 333. The van der Waals surface area contributed by atoms with Gasteiger partial charge in [-0.05, 0) is 42.2 Å². The molecule has 0 aromatic heterocycles. The van der Waals surface area contributed by atoms with Crippen LogP contribution in [0.1, 0.15) is 44.2 Å². The second kappa shape index (κ2) is 5.68. The number of hydrogen-bond acceptors (Lipinski definition) is 1. The summed E-state index contributed by atoms with van der Waals surface area (Å²) in [5.41, 5.74) is 2.89. The van der Waals surface area contributed by atoms with Gasteiger partial charge in [0.05, 0.1) is 6.10 Å². The summed E-state index contributed by atoms with van der Waals surface area (Å²) in [7, 11) is 0. The molecule has 1 nitrogen and oxygen atoms in total. The van der Waals surface area contributed by atoms with Gasteiger partial charge in [-0.3, -0.25) is 0 Å². The molecule has 1 aromatic rings. The molecule has 1 aliphatic carbocycles. The van der Waals surface area contributed by atoms with E-state index in [0.717, 1.165) is 19.3 Å². The maximum Gasteiger partial charge on any atom is 0.0577 e. The molecule has 2 atom stereocenters. The van der Waals surface area contributed by atoms with Gasteiger partial charge < -0.3 is 5.11 Å². The molecule has 0 spiro atoms. The van der Waals surface area contributed by atoms with Crippen LogP contribution in [-0.2, 0) is 12.8 Å². The Morgan fingerprint density at radius 3 is 2.35 bits per heavy atom. The minimum atomic E-state index is -0.121. The van der Waals surface area contributed by atoms with Crippen molar-refractivity contribution in [1.29, 1.82) is 0 Å². The number of aliphatic hydroxyl groups is 1. The van der Waals surface area contributed by atoms with E-state index in [-0.39, 0.29) is 6.10 Å². The van der Waals surface area contributed by atoms with Gasteiger partial charge >= 0.3 is 0 Å². The van der Waals surface area contributed by atoms with E-state index in [2.05, 4.69) is 38.1 Å². The van der Waals surface area contributed by atoms with E-state index in [1.165, 1.54) is 24.0 Å². The van der Waals surface area contributed by atoms with E-state index in [0.29, 0.717) is 11.8 Å². The predicted molar refractivity (Wildman–Crippen MR) is 72.0 cm³/mol. The largest absolute Gasteiger partial charge is 0.393 e. The third-order valence-corrected chi connectivity index (χ3v) is 4.05. The van der Waals surface area contributed by atoms with Crippen molar-refractivity contribution in [3.05, 3.63) is 35.4 Å². The zero-order valence-electron chi connectivity index (χ0n) is 11.0. The highest BCUT2D eigenvalue weighted by Crippen LogP contribution is 2.31. The van der Waals surface area contributed by atoms with Crippen molar-refractivity contribution in [3.63, 3.8) is 0 Å². The van der Waals surface area contributed by atoms with Gasteiger partial charge in [0, 0.05) is 0 Å². The summed E-state index contributed by atoms with van der Waals surface area (Å²) in [6.07, 6.45) is 5.43. The molecule has 0 heterocycles. The molecule has 0 saturated carbocycles. The van der Waals surface area contributed by atoms with Gasteiger partial charge in [0.1, 0.15) is 0 Å². The number of hydrogen-bond donors (Lipinski definition) is 1. The molecule has 94 valence electrons. The lowest BCUT2D eigenvalue weighted by Gasteiger charge is -2.21. The summed E-state index contributed by atoms with van der Waals surface area (Å²) in [6, 6.07) is 8.62. The fourth-order valence-corrected chi connectivity index (χ4v) is 3.08. The number of fused-ring (bicyclic) bond motifs is 1. The Labute approximate surface area is 105 Å². The Kier molecular flexibility index (Phi) is 4.22. The summed E-state index contributed by atoms with van der Waals surface area (Å²) in [6.45, 7) is 4.48. The maximum atomic E-state index is 10.3. The van der Waals surface area contributed by atoms with Crippen LogP contribution in [0.2, 0.25) is 0 Å². The van der Waals surface area contributed by atoms with E-state index >= 15 is 0 Å². The summed E-state index contributed by atoms with van der Waals surface area (Å²) in [4.78, 5) is 0. The Balaban J connectivity index is 1.89. The molecule has 2 rings (SSSR count). The van der Waals surface area contributed by atoms with Crippen molar-refractivity contribution < 1.29 is 5.11 Å². The maximum absolute atomic E-state index is 10.3. The number of benzene rings is 1. The molecule has 2 unspecified atom stereocenters. The molecule has 1 heteroatoms. The van der Waals surface area contributed by atoms with Crippen molar-refractivity contribution in [3.8, 4) is 0 Å². The minimum absolute atomic E-state index is 0.121. The SMILES string of the molecule is CCCC(C)CC(O)C1Cc2ccccc2C1. The Hall–Kier alpha value is -0.820. The number of rotatable bonds is 5. The predicted octanol–water partition coefficient (Wildman–Crippen LogP) is 3.59. The van der Waals surface area contributed by atoms with Gasteiger partial charge in [0.2, 0.25) is 0 Å². The fraction of sp³-hybridized carbons (Fsp3) is 0.625. The lowest BCUT2D eigenvalue weighted by Crippen LogP contribution is -2.23. The topological polar surface area (TPSA) is 20.2 Å². The van der Waals surface area contributed by atoms with E-state index < -0.39 is 0 Å². The third-order valence-electron chi connectivity index (χ3n) is 4.05. The lowest BCUT2D eigenvalue weighted by atomic mass is 9.90. The van der Waals surface area contributed by atoms with Crippen LogP contribution in [0.3, 0.4) is 0 Å². The van der Waals surface area contributed by atoms with E-state index in [1.54, 1.807) is 0 Å². The molecule has 0 bridgehead atoms. The molecule has 0 aliphatic heterocycles. The van der Waals surface area contributed by atoms with Gasteiger partial charge in [0.15, 0.2) is 0 Å². The van der Waals surface area contributed by atoms with Crippen molar-refractivity contribution in [2.45, 2.75) is 52.1 Å². The average molecular weight is 232 g/mol. The van der Waals surface area contributed by atoms with Crippen LogP contribution in [0, 0.1) is 11.8 Å². The highest BCUT2D eigenvalue weighted by Gasteiger charge is 2.27. The zero-order valence-corrected chi connectivity index (χ0v) is 11.0. The van der Waals surface area contributed by atoms with Gasteiger partial charge in [-0.1, -0.05) is 51.0 Å². The van der Waals surface area contributed by atoms with Crippen molar-refractivity contribution in [1.82, 2.24) is 0 Å². The van der Waals surface area contributed by atoms with Crippen LogP contribution in [0.15, 0.2) is 24.3 Å². The Morgan fingerprint density at radius 1 is 1.24 bits per heavy atom. The fourth-order valence-electron chi connectivity index (χ4n) is 3.08. The van der Waals surface area contributed by atoms with Crippen LogP contribution in [0.5, 0.6) is 0 Å². The first kappa shape index (κ1) is 12.6. The highest BCUT2D eigenvalue weighted by molar-refractivity contribution is 5.32. The van der Waals surface area contributed by atoms with Crippen LogP contribution in [0.4, 0.5) is 0 Å². The van der Waals surface area contributed by atoms with Gasteiger partial charge in [-0.15, -0.1) is 0 Å². The molecular weight excluding hydrogens is 208 g/mol. The van der Waals surface area contributed by atoms with Crippen molar-refractivity contribution >= 4 is 0 Å². The van der Waals surface area contributed by atoms with Crippen LogP contribution >= 0.6 is 0 Å². The molecule has 1 aromatic carbocycles.